The SMILES string of the molecule is CC(=O)Oc1cccc(C=NNC(=O)C(=O)N/N=C\c2cccc(OC(C)=O)c2)c1. The van der Waals surface area contributed by atoms with E-state index in [4.69, 9.17) is 9.47 Å². The summed E-state index contributed by atoms with van der Waals surface area (Å²) in [6, 6.07) is 12.8. The van der Waals surface area contributed by atoms with Crippen LogP contribution in [-0.4, -0.2) is 36.2 Å². The molecular formula is C20H18N4O6. The quantitative estimate of drug-likeness (QED) is 0.241. The van der Waals surface area contributed by atoms with E-state index in [2.05, 4.69) is 10.2 Å². The van der Waals surface area contributed by atoms with Gasteiger partial charge in [0.25, 0.3) is 0 Å². The van der Waals surface area contributed by atoms with Crippen molar-refractivity contribution in [2.24, 2.45) is 10.2 Å². The van der Waals surface area contributed by atoms with Crippen LogP contribution in [0.1, 0.15) is 25.0 Å². The molecule has 0 atom stereocenters. The van der Waals surface area contributed by atoms with Crippen molar-refractivity contribution in [3.8, 4) is 11.5 Å². The Morgan fingerprint density at radius 2 is 1.13 bits per heavy atom. The van der Waals surface area contributed by atoms with Gasteiger partial charge < -0.3 is 9.47 Å². The first kappa shape index (κ1) is 22.0. The average molecular weight is 410 g/mol. The second-order valence-corrected chi connectivity index (χ2v) is 5.73. The number of benzene rings is 2. The molecule has 0 saturated heterocycles. The predicted molar refractivity (Wildman–Crippen MR) is 107 cm³/mol. The van der Waals surface area contributed by atoms with E-state index in [9.17, 15) is 19.2 Å². The Morgan fingerprint density at radius 1 is 0.733 bits per heavy atom. The lowest BCUT2D eigenvalue weighted by molar-refractivity contribution is -0.139. The van der Waals surface area contributed by atoms with E-state index in [1.807, 2.05) is 10.9 Å². The standard InChI is InChI=1S/C20H18N4O6/c1-13(25)29-17-7-3-5-15(9-17)11-21-23-19(27)20(28)24-22-12-16-6-4-8-18(10-16)30-14(2)26/h3-12H,1-2H3,(H,23,27)(H,24,28)/b21-11-,22-12?. The zero-order valence-corrected chi connectivity index (χ0v) is 16.1. The Kier molecular flexibility index (Phi) is 7.94. The molecule has 154 valence electrons. The fraction of sp³-hybridized carbons (Fsp3) is 0.100. The highest BCUT2D eigenvalue weighted by atomic mass is 16.5. The van der Waals surface area contributed by atoms with Crippen LogP contribution in [0.25, 0.3) is 0 Å². The van der Waals surface area contributed by atoms with Crippen molar-refractivity contribution in [1.82, 2.24) is 10.9 Å². The molecule has 0 unspecified atom stereocenters. The number of hydrogen-bond acceptors (Lipinski definition) is 8. The van der Waals surface area contributed by atoms with Gasteiger partial charge in [0, 0.05) is 13.8 Å². The zero-order chi connectivity index (χ0) is 21.9. The number of hydrogen-bond donors (Lipinski definition) is 2. The second-order valence-electron chi connectivity index (χ2n) is 5.73. The van der Waals surface area contributed by atoms with Crippen molar-refractivity contribution in [2.45, 2.75) is 13.8 Å². The van der Waals surface area contributed by atoms with Gasteiger partial charge in [0.1, 0.15) is 11.5 Å². The number of hydrazone groups is 2. The zero-order valence-electron chi connectivity index (χ0n) is 16.1. The van der Waals surface area contributed by atoms with Crippen molar-refractivity contribution in [3.63, 3.8) is 0 Å². The average Bonchev–Trinajstić information content (AvgIpc) is 2.67. The van der Waals surface area contributed by atoms with Crippen molar-refractivity contribution < 1.29 is 28.7 Å². The maximum Gasteiger partial charge on any atom is 0.331 e. The topological polar surface area (TPSA) is 136 Å². The van der Waals surface area contributed by atoms with Crippen molar-refractivity contribution >= 4 is 36.2 Å². The summed E-state index contributed by atoms with van der Waals surface area (Å²) in [5, 5.41) is 7.32. The summed E-state index contributed by atoms with van der Waals surface area (Å²) >= 11 is 0. The van der Waals surface area contributed by atoms with Gasteiger partial charge in [-0.25, -0.2) is 10.9 Å². The van der Waals surface area contributed by atoms with Gasteiger partial charge in [-0.3, -0.25) is 19.2 Å². The highest BCUT2D eigenvalue weighted by Crippen LogP contribution is 2.12. The summed E-state index contributed by atoms with van der Waals surface area (Å²) in [4.78, 5) is 45.4. The number of nitrogens with zero attached hydrogens (tertiary/aromatic N) is 2. The Bertz CT molecular complexity index is 934. The molecule has 0 saturated carbocycles. The van der Waals surface area contributed by atoms with Crippen LogP contribution in [-0.2, 0) is 19.2 Å². The molecule has 2 aromatic carbocycles. The van der Waals surface area contributed by atoms with Gasteiger partial charge in [-0.2, -0.15) is 10.2 Å². The van der Waals surface area contributed by atoms with Crippen LogP contribution in [0, 0.1) is 0 Å². The molecule has 0 fully saturated rings. The molecule has 0 heterocycles. The Morgan fingerprint density at radius 3 is 1.50 bits per heavy atom. The molecule has 0 radical (unpaired) electrons. The smallest absolute Gasteiger partial charge is 0.331 e. The van der Waals surface area contributed by atoms with Crippen LogP contribution in [0.2, 0.25) is 0 Å². The lowest BCUT2D eigenvalue weighted by Crippen LogP contribution is -2.35. The summed E-state index contributed by atoms with van der Waals surface area (Å²) in [6.07, 6.45) is 2.56. The second kappa shape index (κ2) is 10.9. The Hall–Kier alpha value is -4.34. The van der Waals surface area contributed by atoms with Gasteiger partial charge >= 0.3 is 23.8 Å². The van der Waals surface area contributed by atoms with Crippen LogP contribution in [0.5, 0.6) is 11.5 Å². The maximum atomic E-state index is 11.7. The lowest BCUT2D eigenvalue weighted by atomic mass is 10.2. The number of rotatable bonds is 6. The highest BCUT2D eigenvalue weighted by Gasteiger charge is 2.11. The van der Waals surface area contributed by atoms with Crippen LogP contribution in [0.15, 0.2) is 58.7 Å². The van der Waals surface area contributed by atoms with Crippen LogP contribution < -0.4 is 20.3 Å². The lowest BCUT2D eigenvalue weighted by Gasteiger charge is -2.02. The molecule has 0 bridgehead atoms. The minimum absolute atomic E-state index is 0.322. The van der Waals surface area contributed by atoms with Crippen LogP contribution >= 0.6 is 0 Å². The molecule has 0 aliphatic heterocycles. The number of amides is 2. The van der Waals surface area contributed by atoms with E-state index in [0.717, 1.165) is 0 Å². The van der Waals surface area contributed by atoms with Crippen LogP contribution in [0.3, 0.4) is 0 Å². The van der Waals surface area contributed by atoms with Crippen molar-refractivity contribution in [1.29, 1.82) is 0 Å². The molecule has 10 heteroatoms. The van der Waals surface area contributed by atoms with E-state index < -0.39 is 23.8 Å². The first-order valence-electron chi connectivity index (χ1n) is 8.57. The van der Waals surface area contributed by atoms with Crippen molar-refractivity contribution in [2.75, 3.05) is 0 Å². The predicted octanol–water partition coefficient (Wildman–Crippen LogP) is 1.14. The molecule has 0 aliphatic rings. The first-order valence-corrected chi connectivity index (χ1v) is 8.57. The van der Waals surface area contributed by atoms with E-state index in [1.54, 1.807) is 36.4 Å². The number of nitrogens with one attached hydrogen (secondary N) is 2. The molecule has 0 aromatic heterocycles. The molecule has 2 N–H and O–H groups in total. The summed E-state index contributed by atoms with van der Waals surface area (Å²) in [7, 11) is 0. The molecule has 0 aliphatic carbocycles. The number of esters is 2. The van der Waals surface area contributed by atoms with Crippen molar-refractivity contribution in [3.05, 3.63) is 59.7 Å². The van der Waals surface area contributed by atoms with Gasteiger partial charge in [0.05, 0.1) is 12.4 Å². The summed E-state index contributed by atoms with van der Waals surface area (Å²) in [5.74, 6) is -2.35. The molecule has 10 nitrogen and oxygen atoms in total. The van der Waals surface area contributed by atoms with E-state index >= 15 is 0 Å². The Balaban J connectivity index is 1.86. The molecular weight excluding hydrogens is 392 g/mol. The summed E-state index contributed by atoms with van der Waals surface area (Å²) in [6.45, 7) is 2.55. The molecule has 0 spiro atoms. The first-order chi connectivity index (χ1) is 14.3. The third kappa shape index (κ3) is 7.72. The fourth-order valence-corrected chi connectivity index (χ4v) is 2.08. The number of ether oxygens (including phenoxy) is 2. The van der Waals surface area contributed by atoms with Gasteiger partial charge in [0.2, 0.25) is 0 Å². The minimum Gasteiger partial charge on any atom is -0.427 e. The van der Waals surface area contributed by atoms with E-state index in [0.29, 0.717) is 22.6 Å². The third-order valence-corrected chi connectivity index (χ3v) is 3.21. The van der Waals surface area contributed by atoms with Gasteiger partial charge in [0.15, 0.2) is 0 Å². The van der Waals surface area contributed by atoms with Gasteiger partial charge in [-0.15, -0.1) is 0 Å². The summed E-state index contributed by atoms with van der Waals surface area (Å²) in [5.41, 5.74) is 5.18. The molecule has 2 aromatic rings. The molecule has 2 rings (SSSR count). The van der Waals surface area contributed by atoms with E-state index in [1.165, 1.54) is 38.4 Å². The maximum absolute atomic E-state index is 11.7. The summed E-state index contributed by atoms with van der Waals surface area (Å²) < 4.78 is 9.87. The highest BCUT2D eigenvalue weighted by molar-refractivity contribution is 6.35. The fourth-order valence-electron chi connectivity index (χ4n) is 2.08. The van der Waals surface area contributed by atoms with Gasteiger partial charge in [-0.05, 0) is 35.4 Å². The third-order valence-electron chi connectivity index (χ3n) is 3.21. The van der Waals surface area contributed by atoms with E-state index in [-0.39, 0.29) is 0 Å². The number of carbonyl (C=O) groups excluding carboxylic acids is 4. The van der Waals surface area contributed by atoms with Gasteiger partial charge in [-0.1, -0.05) is 24.3 Å². The largest absolute Gasteiger partial charge is 0.427 e. The van der Waals surface area contributed by atoms with Crippen LogP contribution in [0.4, 0.5) is 0 Å². The minimum atomic E-state index is -1.03. The number of carbonyl (C=O) groups is 4. The molecule has 30 heavy (non-hydrogen) atoms. The Labute approximate surface area is 171 Å². The normalized spacial score (nSPS) is 10.6. The monoisotopic (exact) mass is 410 g/mol. The molecule has 2 amide bonds.